The summed E-state index contributed by atoms with van der Waals surface area (Å²) in [5.41, 5.74) is -0.949. The second-order valence-electron chi connectivity index (χ2n) is 3.11. The van der Waals surface area contributed by atoms with Crippen molar-refractivity contribution in [2.75, 3.05) is 5.32 Å². The number of nitrogens with zero attached hydrogens (tertiary/aromatic N) is 3. The maximum atomic E-state index is 12.4. The number of aromatic nitrogens is 3. The summed E-state index contributed by atoms with van der Waals surface area (Å²) in [5.74, 6) is 0.439. The van der Waals surface area contributed by atoms with Gasteiger partial charge in [-0.2, -0.15) is 18.2 Å². The molecular formula is C9H7F3N4O. The average Bonchev–Trinajstić information content (AvgIpc) is 2.78. The molecule has 0 fully saturated rings. The van der Waals surface area contributed by atoms with E-state index in [1.165, 1.54) is 12.1 Å². The van der Waals surface area contributed by atoms with Crippen LogP contribution in [0.1, 0.15) is 11.5 Å². The Labute approximate surface area is 93.7 Å². The minimum absolute atomic E-state index is 0.102. The summed E-state index contributed by atoms with van der Waals surface area (Å²) in [4.78, 5) is 7.13. The quantitative estimate of drug-likeness (QED) is 0.895. The lowest BCUT2D eigenvalue weighted by Gasteiger charge is -2.08. The fourth-order valence-corrected chi connectivity index (χ4v) is 1.13. The van der Waals surface area contributed by atoms with Gasteiger partial charge in [-0.15, -0.1) is 0 Å². The Bertz CT molecular complexity index is 483. The van der Waals surface area contributed by atoms with Gasteiger partial charge in [0.2, 0.25) is 6.39 Å². The molecule has 0 aliphatic carbocycles. The highest BCUT2D eigenvalue weighted by atomic mass is 19.4. The summed E-state index contributed by atoms with van der Waals surface area (Å²) in [6.45, 7) is 0.144. The van der Waals surface area contributed by atoms with Crippen LogP contribution in [-0.4, -0.2) is 15.1 Å². The molecule has 0 spiro atoms. The first kappa shape index (κ1) is 11.4. The molecule has 5 nitrogen and oxygen atoms in total. The van der Waals surface area contributed by atoms with Crippen molar-refractivity contribution in [3.05, 3.63) is 36.1 Å². The van der Waals surface area contributed by atoms with E-state index in [-0.39, 0.29) is 12.4 Å². The van der Waals surface area contributed by atoms with Crippen LogP contribution in [0.15, 0.2) is 29.1 Å². The Morgan fingerprint density at radius 1 is 1.29 bits per heavy atom. The lowest BCUT2D eigenvalue weighted by atomic mass is 10.3. The molecule has 0 atom stereocenters. The van der Waals surface area contributed by atoms with E-state index in [0.29, 0.717) is 5.82 Å². The summed E-state index contributed by atoms with van der Waals surface area (Å²) in [5, 5.41) is 6.17. The number of alkyl halides is 3. The molecule has 0 aliphatic rings. The SMILES string of the molecule is FC(F)(F)c1cccc(NCc2ncon2)n1. The summed E-state index contributed by atoms with van der Waals surface area (Å²) in [7, 11) is 0. The van der Waals surface area contributed by atoms with Crippen molar-refractivity contribution in [2.24, 2.45) is 0 Å². The lowest BCUT2D eigenvalue weighted by molar-refractivity contribution is -0.141. The fraction of sp³-hybridized carbons (Fsp3) is 0.222. The van der Waals surface area contributed by atoms with Crippen LogP contribution in [0.4, 0.5) is 19.0 Å². The van der Waals surface area contributed by atoms with Crippen LogP contribution in [0.3, 0.4) is 0 Å². The van der Waals surface area contributed by atoms with E-state index >= 15 is 0 Å². The Balaban J connectivity index is 2.07. The average molecular weight is 244 g/mol. The van der Waals surface area contributed by atoms with Gasteiger partial charge in [0.1, 0.15) is 11.5 Å². The minimum Gasteiger partial charge on any atom is -0.363 e. The number of anilines is 1. The molecule has 0 aliphatic heterocycles. The van der Waals surface area contributed by atoms with Crippen LogP contribution in [0, 0.1) is 0 Å². The van der Waals surface area contributed by atoms with E-state index in [1.807, 2.05) is 0 Å². The Morgan fingerprint density at radius 2 is 2.12 bits per heavy atom. The monoisotopic (exact) mass is 244 g/mol. The van der Waals surface area contributed by atoms with Gasteiger partial charge in [-0.1, -0.05) is 11.2 Å². The second-order valence-corrected chi connectivity index (χ2v) is 3.11. The lowest BCUT2D eigenvalue weighted by Crippen LogP contribution is -2.10. The van der Waals surface area contributed by atoms with Crippen LogP contribution in [0.2, 0.25) is 0 Å². The van der Waals surface area contributed by atoms with Gasteiger partial charge in [0, 0.05) is 0 Å². The van der Waals surface area contributed by atoms with E-state index < -0.39 is 11.9 Å². The van der Waals surface area contributed by atoms with Gasteiger partial charge < -0.3 is 9.84 Å². The molecule has 0 bridgehead atoms. The van der Waals surface area contributed by atoms with Crippen LogP contribution in [-0.2, 0) is 12.7 Å². The highest BCUT2D eigenvalue weighted by Crippen LogP contribution is 2.28. The number of hydrogen-bond acceptors (Lipinski definition) is 5. The molecular weight excluding hydrogens is 237 g/mol. The summed E-state index contributed by atoms with van der Waals surface area (Å²) < 4.78 is 41.5. The Kier molecular flexibility index (Phi) is 2.94. The van der Waals surface area contributed by atoms with Crippen LogP contribution in [0.5, 0.6) is 0 Å². The van der Waals surface area contributed by atoms with Crippen molar-refractivity contribution < 1.29 is 17.7 Å². The molecule has 0 radical (unpaired) electrons. The van der Waals surface area contributed by atoms with E-state index in [0.717, 1.165) is 12.5 Å². The maximum absolute atomic E-state index is 12.4. The van der Waals surface area contributed by atoms with Gasteiger partial charge in [-0.05, 0) is 12.1 Å². The van der Waals surface area contributed by atoms with Crippen molar-refractivity contribution in [2.45, 2.75) is 12.7 Å². The summed E-state index contributed by atoms with van der Waals surface area (Å²) in [6.07, 6.45) is -3.32. The first-order valence-electron chi connectivity index (χ1n) is 4.59. The maximum Gasteiger partial charge on any atom is 0.433 e. The Hall–Kier alpha value is -2.12. The third kappa shape index (κ3) is 2.92. The van der Waals surface area contributed by atoms with E-state index in [2.05, 4.69) is 25.0 Å². The fourth-order valence-electron chi connectivity index (χ4n) is 1.13. The van der Waals surface area contributed by atoms with Crippen LogP contribution >= 0.6 is 0 Å². The first-order chi connectivity index (χ1) is 8.05. The van der Waals surface area contributed by atoms with Crippen LogP contribution in [0.25, 0.3) is 0 Å². The normalized spacial score (nSPS) is 11.5. The van der Waals surface area contributed by atoms with Crippen molar-refractivity contribution in [1.82, 2.24) is 15.1 Å². The van der Waals surface area contributed by atoms with E-state index in [1.54, 1.807) is 0 Å². The van der Waals surface area contributed by atoms with Crippen LogP contribution < -0.4 is 5.32 Å². The number of nitrogens with one attached hydrogen (secondary N) is 1. The Morgan fingerprint density at radius 3 is 2.76 bits per heavy atom. The third-order valence-corrected chi connectivity index (χ3v) is 1.87. The molecule has 0 amide bonds. The van der Waals surface area contributed by atoms with E-state index in [9.17, 15) is 13.2 Å². The minimum atomic E-state index is -4.45. The highest BCUT2D eigenvalue weighted by molar-refractivity contribution is 5.35. The van der Waals surface area contributed by atoms with Crippen molar-refractivity contribution in [3.63, 3.8) is 0 Å². The van der Waals surface area contributed by atoms with Gasteiger partial charge >= 0.3 is 6.18 Å². The van der Waals surface area contributed by atoms with Crippen molar-refractivity contribution >= 4 is 5.82 Å². The third-order valence-electron chi connectivity index (χ3n) is 1.87. The molecule has 17 heavy (non-hydrogen) atoms. The predicted molar refractivity (Wildman–Crippen MR) is 50.9 cm³/mol. The van der Waals surface area contributed by atoms with Gasteiger partial charge in [-0.25, -0.2) is 4.98 Å². The molecule has 2 heterocycles. The zero-order chi connectivity index (χ0) is 12.3. The van der Waals surface area contributed by atoms with Gasteiger partial charge in [0.25, 0.3) is 0 Å². The molecule has 2 aromatic heterocycles. The van der Waals surface area contributed by atoms with Gasteiger partial charge in [0.05, 0.1) is 6.54 Å². The number of rotatable bonds is 3. The van der Waals surface area contributed by atoms with Crippen molar-refractivity contribution in [3.8, 4) is 0 Å². The molecule has 0 saturated heterocycles. The molecule has 2 aromatic rings. The second kappa shape index (κ2) is 4.40. The van der Waals surface area contributed by atoms with E-state index in [4.69, 9.17) is 0 Å². The topological polar surface area (TPSA) is 63.8 Å². The van der Waals surface area contributed by atoms with Gasteiger partial charge in [-0.3, -0.25) is 0 Å². The first-order valence-corrected chi connectivity index (χ1v) is 4.59. The highest BCUT2D eigenvalue weighted by Gasteiger charge is 2.32. The molecule has 0 unspecified atom stereocenters. The molecule has 1 N–H and O–H groups in total. The standard InChI is InChI=1S/C9H7F3N4O/c10-9(11,12)6-2-1-3-7(15-6)13-4-8-14-5-17-16-8/h1-3,5H,4H2,(H,13,15). The molecule has 90 valence electrons. The zero-order valence-electron chi connectivity index (χ0n) is 8.40. The predicted octanol–water partition coefficient (Wildman–Crippen LogP) is 2.10. The molecule has 0 aromatic carbocycles. The number of hydrogen-bond donors (Lipinski definition) is 1. The molecule has 8 heteroatoms. The summed E-state index contributed by atoms with van der Waals surface area (Å²) in [6, 6.07) is 3.60. The largest absolute Gasteiger partial charge is 0.433 e. The number of pyridine rings is 1. The van der Waals surface area contributed by atoms with Gasteiger partial charge in [0.15, 0.2) is 5.82 Å². The summed E-state index contributed by atoms with van der Waals surface area (Å²) >= 11 is 0. The smallest absolute Gasteiger partial charge is 0.363 e. The van der Waals surface area contributed by atoms with Crippen molar-refractivity contribution in [1.29, 1.82) is 0 Å². The molecule has 0 saturated carbocycles. The zero-order valence-corrected chi connectivity index (χ0v) is 8.40. The number of halogens is 3. The molecule has 2 rings (SSSR count).